The fourth-order valence-corrected chi connectivity index (χ4v) is 3.72. The highest BCUT2D eigenvalue weighted by Crippen LogP contribution is 2.13. The van der Waals surface area contributed by atoms with E-state index in [1.807, 2.05) is 11.6 Å². The van der Waals surface area contributed by atoms with Crippen molar-refractivity contribution in [3.63, 3.8) is 0 Å². The van der Waals surface area contributed by atoms with Gasteiger partial charge in [0.1, 0.15) is 0 Å². The maximum absolute atomic E-state index is 12.4. The van der Waals surface area contributed by atoms with Gasteiger partial charge in [0.15, 0.2) is 0 Å². The van der Waals surface area contributed by atoms with Crippen molar-refractivity contribution in [1.82, 2.24) is 14.7 Å². The van der Waals surface area contributed by atoms with E-state index in [-0.39, 0.29) is 21.7 Å². The van der Waals surface area contributed by atoms with E-state index in [0.29, 0.717) is 5.69 Å². The number of nitrogens with zero attached hydrogens (tertiary/aromatic N) is 3. The van der Waals surface area contributed by atoms with Crippen molar-refractivity contribution in [3.05, 3.63) is 93.3 Å². The Morgan fingerprint density at radius 3 is 2.27 bits per heavy atom. The number of aromatic nitrogens is 1. The minimum Gasteiger partial charge on any atom is -0.349 e. The molecule has 0 spiro atoms. The molecule has 0 aliphatic heterocycles. The number of amides is 2. The largest absolute Gasteiger partial charge is 0.349 e. The number of hydrogen-bond donors (Lipinski definition) is 2. The number of nitrogens with one attached hydrogen (secondary N) is 2. The SMILES string of the molecule is Cc1ccc(S(=O)(=O)NC(=O)c2cc(/C=N\NC(=O)c3ccc([N+](=O)[O-])cc3)n(C)c2)cc1. The van der Waals surface area contributed by atoms with Gasteiger partial charge in [-0.3, -0.25) is 19.7 Å². The van der Waals surface area contributed by atoms with Crippen molar-refractivity contribution in [2.45, 2.75) is 11.8 Å². The molecule has 2 N–H and O–H groups in total. The fraction of sp³-hybridized carbons (Fsp3) is 0.0952. The van der Waals surface area contributed by atoms with Crippen LogP contribution in [0, 0.1) is 17.0 Å². The van der Waals surface area contributed by atoms with Crippen LogP contribution in [-0.2, 0) is 17.1 Å². The summed E-state index contributed by atoms with van der Waals surface area (Å²) in [6.45, 7) is 1.82. The van der Waals surface area contributed by atoms with E-state index in [1.54, 1.807) is 19.2 Å². The van der Waals surface area contributed by atoms with Crippen LogP contribution in [0.4, 0.5) is 5.69 Å². The highest BCUT2D eigenvalue weighted by molar-refractivity contribution is 7.90. The van der Waals surface area contributed by atoms with Gasteiger partial charge in [0.2, 0.25) is 0 Å². The van der Waals surface area contributed by atoms with Crippen molar-refractivity contribution in [1.29, 1.82) is 0 Å². The zero-order valence-electron chi connectivity index (χ0n) is 17.6. The number of non-ortho nitro benzene ring substituents is 1. The third-order valence-electron chi connectivity index (χ3n) is 4.57. The normalized spacial score (nSPS) is 11.3. The Kier molecular flexibility index (Phi) is 6.68. The van der Waals surface area contributed by atoms with Crippen LogP contribution in [0.5, 0.6) is 0 Å². The van der Waals surface area contributed by atoms with Gasteiger partial charge < -0.3 is 4.57 Å². The molecule has 0 aliphatic carbocycles. The first-order valence-electron chi connectivity index (χ1n) is 9.45. The average Bonchev–Trinajstić information content (AvgIpc) is 3.14. The summed E-state index contributed by atoms with van der Waals surface area (Å²) in [6.07, 6.45) is 2.69. The van der Waals surface area contributed by atoms with E-state index < -0.39 is 26.8 Å². The number of carbonyl (C=O) groups is 2. The predicted octanol–water partition coefficient (Wildman–Crippen LogP) is 2.12. The summed E-state index contributed by atoms with van der Waals surface area (Å²) in [5, 5.41) is 14.5. The van der Waals surface area contributed by atoms with Gasteiger partial charge in [-0.2, -0.15) is 5.10 Å². The Labute approximate surface area is 188 Å². The maximum atomic E-state index is 12.4. The first-order valence-corrected chi connectivity index (χ1v) is 10.9. The summed E-state index contributed by atoms with van der Waals surface area (Å²) in [4.78, 5) is 34.6. The standard InChI is InChI=1S/C21H19N5O6S/c1-14-3-9-19(10-4-14)33(31,32)24-21(28)16-11-18(25(2)13-16)12-22-23-20(27)15-5-7-17(8-6-15)26(29)30/h3-13H,1-2H3,(H,23,27)(H,24,28)/b22-12-. The van der Waals surface area contributed by atoms with Crippen molar-refractivity contribution in [3.8, 4) is 0 Å². The number of rotatable bonds is 7. The Morgan fingerprint density at radius 2 is 1.67 bits per heavy atom. The van der Waals surface area contributed by atoms with Gasteiger partial charge >= 0.3 is 0 Å². The number of hydrogen-bond acceptors (Lipinski definition) is 7. The molecule has 0 fully saturated rings. The summed E-state index contributed by atoms with van der Waals surface area (Å²) in [7, 11) is -2.42. The molecule has 0 aliphatic rings. The van der Waals surface area contributed by atoms with E-state index in [2.05, 4.69) is 10.5 Å². The Balaban J connectivity index is 1.66. The van der Waals surface area contributed by atoms with Crippen LogP contribution in [-0.4, -0.2) is 35.9 Å². The molecule has 1 aromatic heterocycles. The van der Waals surface area contributed by atoms with Crippen molar-refractivity contribution in [2.75, 3.05) is 0 Å². The minimum absolute atomic E-state index is 0.0341. The van der Waals surface area contributed by atoms with Gasteiger partial charge in [-0.1, -0.05) is 17.7 Å². The number of sulfonamides is 1. The molecule has 0 unspecified atom stereocenters. The molecular formula is C21H19N5O6S. The quantitative estimate of drug-likeness (QED) is 0.307. The second kappa shape index (κ2) is 9.44. The molecule has 0 saturated heterocycles. The van der Waals surface area contributed by atoms with Crippen molar-refractivity contribution < 1.29 is 22.9 Å². The lowest BCUT2D eigenvalue weighted by Crippen LogP contribution is -2.30. The van der Waals surface area contributed by atoms with Crippen LogP contribution in [0.2, 0.25) is 0 Å². The van der Waals surface area contributed by atoms with Gasteiger partial charge in [0, 0.05) is 30.9 Å². The lowest BCUT2D eigenvalue weighted by Gasteiger charge is -2.06. The molecule has 170 valence electrons. The molecular weight excluding hydrogens is 450 g/mol. The smallest absolute Gasteiger partial charge is 0.271 e. The van der Waals surface area contributed by atoms with Gasteiger partial charge in [0.05, 0.1) is 27.3 Å². The van der Waals surface area contributed by atoms with Crippen LogP contribution < -0.4 is 10.1 Å². The predicted molar refractivity (Wildman–Crippen MR) is 119 cm³/mol. The second-order valence-electron chi connectivity index (χ2n) is 7.02. The first-order chi connectivity index (χ1) is 15.6. The number of aryl methyl sites for hydroxylation is 2. The lowest BCUT2D eigenvalue weighted by atomic mass is 10.2. The molecule has 3 rings (SSSR count). The minimum atomic E-state index is -4.04. The Morgan fingerprint density at radius 1 is 1.03 bits per heavy atom. The van der Waals surface area contributed by atoms with Crippen LogP contribution >= 0.6 is 0 Å². The highest BCUT2D eigenvalue weighted by Gasteiger charge is 2.20. The van der Waals surface area contributed by atoms with Gasteiger partial charge in [-0.15, -0.1) is 0 Å². The molecule has 1 heterocycles. The summed E-state index contributed by atoms with van der Waals surface area (Å²) >= 11 is 0. The zero-order valence-corrected chi connectivity index (χ0v) is 18.4. The molecule has 0 saturated carbocycles. The topological polar surface area (TPSA) is 153 Å². The molecule has 2 amide bonds. The van der Waals surface area contributed by atoms with Crippen LogP contribution in [0.1, 0.15) is 32.0 Å². The van der Waals surface area contributed by atoms with Gasteiger partial charge in [-0.05, 0) is 37.3 Å². The Bertz CT molecular complexity index is 1340. The number of benzene rings is 2. The van der Waals surface area contributed by atoms with E-state index >= 15 is 0 Å². The third kappa shape index (κ3) is 5.68. The van der Waals surface area contributed by atoms with Crippen molar-refractivity contribution >= 4 is 33.7 Å². The van der Waals surface area contributed by atoms with Crippen LogP contribution in [0.15, 0.2) is 70.8 Å². The van der Waals surface area contributed by atoms with E-state index in [1.165, 1.54) is 59.4 Å². The summed E-state index contributed by atoms with van der Waals surface area (Å²) in [5.41, 5.74) is 3.68. The van der Waals surface area contributed by atoms with Gasteiger partial charge in [0.25, 0.3) is 27.5 Å². The monoisotopic (exact) mass is 469 g/mol. The zero-order chi connectivity index (χ0) is 24.2. The number of hydrazone groups is 1. The number of carbonyl (C=O) groups excluding carboxylic acids is 2. The molecule has 3 aromatic rings. The first kappa shape index (κ1) is 23.3. The lowest BCUT2D eigenvalue weighted by molar-refractivity contribution is -0.384. The number of nitro benzene ring substituents is 1. The van der Waals surface area contributed by atoms with Crippen LogP contribution in [0.3, 0.4) is 0 Å². The van der Waals surface area contributed by atoms with E-state index in [4.69, 9.17) is 0 Å². The van der Waals surface area contributed by atoms with Crippen LogP contribution in [0.25, 0.3) is 0 Å². The fourth-order valence-electron chi connectivity index (χ4n) is 2.75. The molecule has 0 bridgehead atoms. The Hall–Kier alpha value is -4.32. The van der Waals surface area contributed by atoms with Gasteiger partial charge in [-0.25, -0.2) is 18.6 Å². The summed E-state index contributed by atoms with van der Waals surface area (Å²) in [5.74, 6) is -1.40. The van der Waals surface area contributed by atoms with E-state index in [0.717, 1.165) is 5.56 Å². The van der Waals surface area contributed by atoms with E-state index in [9.17, 15) is 28.1 Å². The third-order valence-corrected chi connectivity index (χ3v) is 5.91. The molecule has 0 radical (unpaired) electrons. The average molecular weight is 469 g/mol. The molecule has 12 heteroatoms. The summed E-state index contributed by atoms with van der Waals surface area (Å²) < 4.78 is 28.4. The molecule has 0 atom stereocenters. The highest BCUT2D eigenvalue weighted by atomic mass is 32.2. The maximum Gasteiger partial charge on any atom is 0.271 e. The molecule has 33 heavy (non-hydrogen) atoms. The summed E-state index contributed by atoms with van der Waals surface area (Å²) in [6, 6.07) is 12.5. The second-order valence-corrected chi connectivity index (χ2v) is 8.70. The van der Waals surface area contributed by atoms with Crippen molar-refractivity contribution in [2.24, 2.45) is 12.1 Å². The number of nitro groups is 1. The molecule has 2 aromatic carbocycles. The molecule has 11 nitrogen and oxygen atoms in total.